The quantitative estimate of drug-likeness (QED) is 0.879. The highest BCUT2D eigenvalue weighted by atomic mass is 16.5. The van der Waals surface area contributed by atoms with Gasteiger partial charge in [0, 0.05) is 12.1 Å². The molecule has 2 nitrogen and oxygen atoms in total. The largest absolute Gasteiger partial charge is 0.497 e. The van der Waals surface area contributed by atoms with Crippen molar-refractivity contribution < 1.29 is 4.74 Å². The average Bonchev–Trinajstić information content (AvgIpc) is 2.36. The molecule has 0 aromatic heterocycles. The summed E-state index contributed by atoms with van der Waals surface area (Å²) in [5.74, 6) is 0.906. The molecule has 0 aliphatic carbocycles. The Balaban J connectivity index is 2.33. The molecule has 1 N–H and O–H groups in total. The molecule has 2 aromatic rings. The summed E-state index contributed by atoms with van der Waals surface area (Å²) in [7, 11) is 1.70. The van der Waals surface area contributed by atoms with Crippen LogP contribution in [-0.4, -0.2) is 13.2 Å². The van der Waals surface area contributed by atoms with Crippen LogP contribution in [0, 0.1) is 0 Å². The molecule has 96 valence electrons. The second-order valence-electron chi connectivity index (χ2n) is 5.02. The Kier molecular flexibility index (Phi) is 3.87. The van der Waals surface area contributed by atoms with Crippen LogP contribution in [0.25, 0.3) is 10.8 Å². The molecule has 2 aromatic carbocycles. The molecule has 0 heterocycles. The molecule has 0 spiro atoms. The zero-order valence-corrected chi connectivity index (χ0v) is 11.5. The van der Waals surface area contributed by atoms with Crippen molar-refractivity contribution >= 4 is 10.8 Å². The van der Waals surface area contributed by atoms with Gasteiger partial charge in [0.1, 0.15) is 5.75 Å². The number of rotatable bonds is 4. The first-order valence-corrected chi connectivity index (χ1v) is 6.44. The smallest absolute Gasteiger partial charge is 0.119 e. The van der Waals surface area contributed by atoms with Gasteiger partial charge in [-0.05, 0) is 41.5 Å². The normalized spacial score (nSPS) is 12.9. The Morgan fingerprint density at radius 2 is 1.61 bits per heavy atom. The minimum absolute atomic E-state index is 0.372. The van der Waals surface area contributed by atoms with E-state index in [0.717, 1.165) is 5.75 Å². The van der Waals surface area contributed by atoms with Crippen LogP contribution in [0.4, 0.5) is 0 Å². The standard InChI is InChI=1S/C16H21NO/c1-11(2)17-12(3)13-5-6-15-10-16(18-4)8-7-14(15)9-13/h5-12,17H,1-4H3. The zero-order chi connectivity index (χ0) is 13.1. The van der Waals surface area contributed by atoms with Crippen LogP contribution in [0.5, 0.6) is 5.75 Å². The Morgan fingerprint density at radius 3 is 2.28 bits per heavy atom. The molecular formula is C16H21NO. The van der Waals surface area contributed by atoms with E-state index in [0.29, 0.717) is 12.1 Å². The summed E-state index contributed by atoms with van der Waals surface area (Å²) >= 11 is 0. The van der Waals surface area contributed by atoms with E-state index >= 15 is 0 Å². The van der Waals surface area contributed by atoms with Crippen LogP contribution < -0.4 is 10.1 Å². The van der Waals surface area contributed by atoms with Crippen LogP contribution in [0.15, 0.2) is 36.4 Å². The highest BCUT2D eigenvalue weighted by Crippen LogP contribution is 2.24. The molecule has 0 aliphatic rings. The number of methoxy groups -OCH3 is 1. The lowest BCUT2D eigenvalue weighted by Gasteiger charge is -2.17. The predicted octanol–water partition coefficient (Wildman–Crippen LogP) is 3.91. The molecule has 0 radical (unpaired) electrons. The van der Waals surface area contributed by atoms with Crippen molar-refractivity contribution in [3.05, 3.63) is 42.0 Å². The lowest BCUT2D eigenvalue weighted by Crippen LogP contribution is -2.25. The first-order valence-electron chi connectivity index (χ1n) is 6.44. The van der Waals surface area contributed by atoms with Crippen molar-refractivity contribution in [2.24, 2.45) is 0 Å². The minimum atomic E-state index is 0.372. The van der Waals surface area contributed by atoms with Crippen molar-refractivity contribution in [2.75, 3.05) is 7.11 Å². The highest BCUT2D eigenvalue weighted by Gasteiger charge is 2.07. The fourth-order valence-electron chi connectivity index (χ4n) is 2.23. The van der Waals surface area contributed by atoms with E-state index in [-0.39, 0.29) is 0 Å². The average molecular weight is 243 g/mol. The van der Waals surface area contributed by atoms with Crippen molar-refractivity contribution in [3.63, 3.8) is 0 Å². The maximum absolute atomic E-state index is 5.24. The van der Waals surface area contributed by atoms with E-state index in [1.54, 1.807) is 7.11 Å². The molecule has 2 rings (SSSR count). The summed E-state index contributed by atoms with van der Waals surface area (Å²) < 4.78 is 5.24. The molecule has 18 heavy (non-hydrogen) atoms. The molecule has 1 unspecified atom stereocenters. The second kappa shape index (κ2) is 5.40. The Morgan fingerprint density at radius 1 is 0.944 bits per heavy atom. The van der Waals surface area contributed by atoms with Gasteiger partial charge in [-0.3, -0.25) is 0 Å². The predicted molar refractivity (Wildman–Crippen MR) is 77.2 cm³/mol. The Bertz CT molecular complexity index is 534. The van der Waals surface area contributed by atoms with Crippen LogP contribution in [0.2, 0.25) is 0 Å². The molecule has 2 heteroatoms. The van der Waals surface area contributed by atoms with Crippen molar-refractivity contribution in [1.82, 2.24) is 5.32 Å². The summed E-state index contributed by atoms with van der Waals surface area (Å²) in [4.78, 5) is 0. The lowest BCUT2D eigenvalue weighted by molar-refractivity contribution is 0.415. The number of benzene rings is 2. The fraction of sp³-hybridized carbons (Fsp3) is 0.375. The number of hydrogen-bond acceptors (Lipinski definition) is 2. The highest BCUT2D eigenvalue weighted by molar-refractivity contribution is 5.84. The van der Waals surface area contributed by atoms with Crippen LogP contribution >= 0.6 is 0 Å². The fourth-order valence-corrected chi connectivity index (χ4v) is 2.23. The first kappa shape index (κ1) is 12.9. The zero-order valence-electron chi connectivity index (χ0n) is 11.5. The maximum Gasteiger partial charge on any atom is 0.119 e. The van der Waals surface area contributed by atoms with Crippen molar-refractivity contribution in [2.45, 2.75) is 32.9 Å². The number of nitrogens with one attached hydrogen (secondary N) is 1. The Hall–Kier alpha value is -1.54. The van der Waals surface area contributed by atoms with Gasteiger partial charge in [0.15, 0.2) is 0 Å². The molecule has 0 fully saturated rings. The van der Waals surface area contributed by atoms with Gasteiger partial charge in [-0.1, -0.05) is 32.0 Å². The molecule has 0 bridgehead atoms. The minimum Gasteiger partial charge on any atom is -0.497 e. The monoisotopic (exact) mass is 243 g/mol. The Labute approximate surface area is 109 Å². The van der Waals surface area contributed by atoms with E-state index in [9.17, 15) is 0 Å². The summed E-state index contributed by atoms with van der Waals surface area (Å²) in [6.45, 7) is 6.54. The summed E-state index contributed by atoms with van der Waals surface area (Å²) in [5.41, 5.74) is 1.32. The lowest BCUT2D eigenvalue weighted by atomic mass is 10.0. The number of fused-ring (bicyclic) bond motifs is 1. The van der Waals surface area contributed by atoms with E-state index in [2.05, 4.69) is 56.4 Å². The van der Waals surface area contributed by atoms with Crippen molar-refractivity contribution in [1.29, 1.82) is 0 Å². The molecular weight excluding hydrogens is 222 g/mol. The van der Waals surface area contributed by atoms with Gasteiger partial charge in [-0.25, -0.2) is 0 Å². The van der Waals surface area contributed by atoms with Gasteiger partial charge < -0.3 is 10.1 Å². The SMILES string of the molecule is COc1ccc2cc(C(C)NC(C)C)ccc2c1. The molecule has 1 atom stereocenters. The van der Waals surface area contributed by atoms with E-state index in [1.807, 2.05) is 6.07 Å². The number of hydrogen-bond donors (Lipinski definition) is 1. The topological polar surface area (TPSA) is 21.3 Å². The maximum atomic E-state index is 5.24. The molecule has 0 saturated carbocycles. The van der Waals surface area contributed by atoms with Crippen LogP contribution in [0.3, 0.4) is 0 Å². The third kappa shape index (κ3) is 2.82. The first-order chi connectivity index (χ1) is 8.60. The van der Waals surface area contributed by atoms with Gasteiger partial charge in [-0.15, -0.1) is 0 Å². The third-order valence-electron chi connectivity index (χ3n) is 3.15. The second-order valence-corrected chi connectivity index (χ2v) is 5.02. The van der Waals surface area contributed by atoms with Crippen LogP contribution in [-0.2, 0) is 0 Å². The van der Waals surface area contributed by atoms with Gasteiger partial charge >= 0.3 is 0 Å². The molecule has 0 saturated heterocycles. The number of ether oxygens (including phenoxy) is 1. The summed E-state index contributed by atoms with van der Waals surface area (Å²) in [6.07, 6.45) is 0. The molecule has 0 aliphatic heterocycles. The third-order valence-corrected chi connectivity index (χ3v) is 3.15. The van der Waals surface area contributed by atoms with Gasteiger partial charge in [0.2, 0.25) is 0 Å². The van der Waals surface area contributed by atoms with Gasteiger partial charge in [0.05, 0.1) is 7.11 Å². The van der Waals surface area contributed by atoms with Gasteiger partial charge in [0.25, 0.3) is 0 Å². The summed E-state index contributed by atoms with van der Waals surface area (Å²) in [5, 5.41) is 5.99. The summed E-state index contributed by atoms with van der Waals surface area (Å²) in [6, 6.07) is 13.6. The van der Waals surface area contributed by atoms with E-state index in [4.69, 9.17) is 4.74 Å². The molecule has 0 amide bonds. The van der Waals surface area contributed by atoms with Gasteiger partial charge in [-0.2, -0.15) is 0 Å². The van der Waals surface area contributed by atoms with E-state index < -0.39 is 0 Å². The van der Waals surface area contributed by atoms with E-state index in [1.165, 1.54) is 16.3 Å². The van der Waals surface area contributed by atoms with Crippen LogP contribution in [0.1, 0.15) is 32.4 Å². The van der Waals surface area contributed by atoms with Crippen molar-refractivity contribution in [3.8, 4) is 5.75 Å².